The number of nitrogens with one attached hydrogen (secondary N) is 1. The molecule has 0 atom stereocenters. The summed E-state index contributed by atoms with van der Waals surface area (Å²) in [6.45, 7) is 0.331. The number of rotatable bonds is 9. The van der Waals surface area contributed by atoms with Crippen LogP contribution in [0.25, 0.3) is 0 Å². The maximum absolute atomic E-state index is 12.7. The van der Waals surface area contributed by atoms with Crippen molar-refractivity contribution in [2.24, 2.45) is 17.3 Å². The van der Waals surface area contributed by atoms with Gasteiger partial charge in [-0.2, -0.15) is 0 Å². The highest BCUT2D eigenvalue weighted by atomic mass is 32.2. The largest absolute Gasteiger partial charge is 0.573 e. The lowest BCUT2D eigenvalue weighted by Gasteiger charge is -2.40. The second kappa shape index (κ2) is 8.88. The maximum atomic E-state index is 12.7. The van der Waals surface area contributed by atoms with Crippen molar-refractivity contribution in [3.8, 4) is 5.75 Å². The van der Waals surface area contributed by atoms with E-state index in [0.717, 1.165) is 38.2 Å². The first-order valence-electron chi connectivity index (χ1n) is 11.4. The van der Waals surface area contributed by atoms with Crippen molar-refractivity contribution in [1.29, 1.82) is 0 Å². The Bertz CT molecular complexity index is 931. The number of alkyl halides is 3. The average Bonchev–Trinajstić information content (AvgIpc) is 3.64. The van der Waals surface area contributed by atoms with Gasteiger partial charge in [-0.3, -0.25) is 4.79 Å². The third-order valence-corrected chi connectivity index (χ3v) is 9.49. The number of carbonyl (C=O) groups is 1. The van der Waals surface area contributed by atoms with Gasteiger partial charge in [0, 0.05) is 6.54 Å². The molecule has 3 fully saturated rings. The van der Waals surface area contributed by atoms with E-state index in [1.807, 2.05) is 0 Å². The summed E-state index contributed by atoms with van der Waals surface area (Å²) in [5, 5.41) is 2.52. The van der Waals surface area contributed by atoms with Gasteiger partial charge in [-0.15, -0.1) is 13.2 Å². The van der Waals surface area contributed by atoms with E-state index in [2.05, 4.69) is 10.1 Å². The minimum atomic E-state index is -4.88. The molecule has 3 aliphatic rings. The lowest BCUT2D eigenvalue weighted by Crippen LogP contribution is -2.43. The normalized spacial score (nSPS) is 26.5. The molecule has 0 bridgehead atoms. The van der Waals surface area contributed by atoms with E-state index >= 15 is 0 Å². The van der Waals surface area contributed by atoms with Crippen LogP contribution >= 0.6 is 0 Å². The average molecular weight is 474 g/mol. The van der Waals surface area contributed by atoms with Crippen LogP contribution in [0.4, 0.5) is 13.2 Å². The quantitative estimate of drug-likeness (QED) is 0.556. The number of ether oxygens (including phenoxy) is 1. The molecule has 32 heavy (non-hydrogen) atoms. The van der Waals surface area contributed by atoms with Crippen molar-refractivity contribution < 1.29 is 31.1 Å². The summed E-state index contributed by atoms with van der Waals surface area (Å²) in [6.07, 6.45) is 2.92. The molecule has 3 saturated carbocycles. The van der Waals surface area contributed by atoms with Crippen LogP contribution in [0.2, 0.25) is 0 Å². The molecule has 178 valence electrons. The summed E-state index contributed by atoms with van der Waals surface area (Å²) in [6, 6.07) is 5.31. The van der Waals surface area contributed by atoms with Gasteiger partial charge in [0.2, 0.25) is 0 Å². The summed E-state index contributed by atoms with van der Waals surface area (Å²) in [4.78, 5) is 12.7. The van der Waals surface area contributed by atoms with Crippen LogP contribution in [0.5, 0.6) is 5.75 Å². The molecular formula is C23H30F3NO4S. The zero-order chi connectivity index (χ0) is 23.0. The van der Waals surface area contributed by atoms with Crippen molar-refractivity contribution in [3.63, 3.8) is 0 Å². The highest BCUT2D eigenvalue weighted by molar-refractivity contribution is 7.92. The van der Waals surface area contributed by atoms with E-state index in [-0.39, 0.29) is 16.2 Å². The van der Waals surface area contributed by atoms with Gasteiger partial charge in [-0.1, -0.05) is 25.0 Å². The van der Waals surface area contributed by atoms with Crippen LogP contribution < -0.4 is 10.1 Å². The molecule has 0 spiro atoms. The number of sulfone groups is 1. The summed E-state index contributed by atoms with van der Waals surface area (Å²) in [5.74, 6) is 0.0796. The highest BCUT2D eigenvalue weighted by Gasteiger charge is 2.44. The number of amides is 1. The Labute approximate surface area is 187 Å². The van der Waals surface area contributed by atoms with Crippen molar-refractivity contribution in [2.75, 3.05) is 12.3 Å². The topological polar surface area (TPSA) is 72.5 Å². The third-order valence-electron chi connectivity index (χ3n) is 7.07. The van der Waals surface area contributed by atoms with Crippen LogP contribution in [-0.2, 0) is 9.84 Å². The van der Waals surface area contributed by atoms with Gasteiger partial charge < -0.3 is 10.1 Å². The van der Waals surface area contributed by atoms with E-state index in [1.165, 1.54) is 18.2 Å². The molecule has 0 heterocycles. The SMILES string of the molecule is O=C(NCC1(CC2CC2)CCC(S(=O)(=O)CC2CC2)CC1)c1ccccc1OC(F)(F)F. The Morgan fingerprint density at radius 1 is 1.03 bits per heavy atom. The summed E-state index contributed by atoms with van der Waals surface area (Å²) in [5.41, 5.74) is -0.366. The van der Waals surface area contributed by atoms with Gasteiger partial charge in [-0.25, -0.2) is 8.42 Å². The number of halogens is 3. The van der Waals surface area contributed by atoms with Crippen LogP contribution in [0.1, 0.15) is 68.1 Å². The fourth-order valence-electron chi connectivity index (χ4n) is 4.93. The molecule has 0 radical (unpaired) electrons. The zero-order valence-electron chi connectivity index (χ0n) is 18.0. The van der Waals surface area contributed by atoms with Crippen LogP contribution in [-0.4, -0.2) is 38.2 Å². The molecule has 1 aromatic rings. The molecular weight excluding hydrogens is 443 g/mol. The summed E-state index contributed by atoms with van der Waals surface area (Å²) >= 11 is 0. The van der Waals surface area contributed by atoms with E-state index < -0.39 is 27.9 Å². The molecule has 1 aromatic carbocycles. The lowest BCUT2D eigenvalue weighted by molar-refractivity contribution is -0.274. The first kappa shape index (κ1) is 23.4. The molecule has 1 amide bonds. The minimum Gasteiger partial charge on any atom is -0.405 e. The third kappa shape index (κ3) is 6.17. The predicted octanol–water partition coefficient (Wildman–Crippen LogP) is 4.87. The summed E-state index contributed by atoms with van der Waals surface area (Å²) in [7, 11) is -3.09. The Hall–Kier alpha value is -1.77. The number of carbonyl (C=O) groups excluding carboxylic acids is 1. The van der Waals surface area contributed by atoms with Crippen molar-refractivity contribution in [2.45, 2.75) is 69.4 Å². The highest BCUT2D eigenvalue weighted by Crippen LogP contribution is 2.49. The van der Waals surface area contributed by atoms with E-state index in [1.54, 1.807) is 0 Å². The Morgan fingerprint density at radius 3 is 2.25 bits per heavy atom. The van der Waals surface area contributed by atoms with Gasteiger partial charge in [0.1, 0.15) is 5.75 Å². The van der Waals surface area contributed by atoms with E-state index in [4.69, 9.17) is 0 Å². The smallest absolute Gasteiger partial charge is 0.405 e. The molecule has 0 aliphatic heterocycles. The number of hydrogen-bond donors (Lipinski definition) is 1. The van der Waals surface area contributed by atoms with Gasteiger partial charge in [-0.05, 0) is 74.3 Å². The van der Waals surface area contributed by atoms with Gasteiger partial charge in [0.05, 0.1) is 16.6 Å². The Balaban J connectivity index is 1.40. The summed E-state index contributed by atoms with van der Waals surface area (Å²) < 4.78 is 67.5. The van der Waals surface area contributed by atoms with Crippen molar-refractivity contribution >= 4 is 15.7 Å². The second-order valence-corrected chi connectivity index (χ2v) is 12.2. The lowest BCUT2D eigenvalue weighted by atomic mass is 9.70. The fourth-order valence-corrected chi connectivity index (χ4v) is 7.15. The van der Waals surface area contributed by atoms with Crippen LogP contribution in [0.15, 0.2) is 24.3 Å². The maximum Gasteiger partial charge on any atom is 0.573 e. The van der Waals surface area contributed by atoms with Crippen molar-refractivity contribution in [1.82, 2.24) is 5.32 Å². The van der Waals surface area contributed by atoms with E-state index in [9.17, 15) is 26.4 Å². The van der Waals surface area contributed by atoms with Crippen LogP contribution in [0.3, 0.4) is 0 Å². The molecule has 4 rings (SSSR count). The van der Waals surface area contributed by atoms with Crippen molar-refractivity contribution in [3.05, 3.63) is 29.8 Å². The molecule has 0 unspecified atom stereocenters. The van der Waals surface area contributed by atoms with Gasteiger partial charge in [0.15, 0.2) is 9.84 Å². The Kier molecular flexibility index (Phi) is 6.49. The molecule has 1 N–H and O–H groups in total. The predicted molar refractivity (Wildman–Crippen MR) is 114 cm³/mol. The Morgan fingerprint density at radius 2 is 1.66 bits per heavy atom. The molecule has 5 nitrogen and oxygen atoms in total. The zero-order valence-corrected chi connectivity index (χ0v) is 18.8. The van der Waals surface area contributed by atoms with Crippen LogP contribution in [0, 0.1) is 17.3 Å². The monoisotopic (exact) mass is 473 g/mol. The van der Waals surface area contributed by atoms with E-state index in [0.29, 0.717) is 49.8 Å². The number of para-hydroxylation sites is 1. The molecule has 0 saturated heterocycles. The molecule has 0 aromatic heterocycles. The standard InChI is InChI=1S/C23H30F3NO4S/c24-23(25,26)31-20-4-2-1-3-19(20)21(28)27-15-22(13-16-5-6-16)11-9-18(10-12-22)32(29,30)14-17-7-8-17/h1-4,16-18H,5-15H2,(H,27,28). The first-order chi connectivity index (χ1) is 15.1. The first-order valence-corrected chi connectivity index (χ1v) is 13.1. The second-order valence-electron chi connectivity index (χ2n) is 9.85. The van der Waals surface area contributed by atoms with Gasteiger partial charge >= 0.3 is 6.36 Å². The molecule has 9 heteroatoms. The number of hydrogen-bond acceptors (Lipinski definition) is 4. The molecule has 3 aliphatic carbocycles. The number of benzene rings is 1. The minimum absolute atomic E-state index is 0.160. The van der Waals surface area contributed by atoms with Gasteiger partial charge in [0.25, 0.3) is 5.91 Å². The fraction of sp³-hybridized carbons (Fsp3) is 0.696.